The molecule has 0 spiro atoms. The molecule has 0 aliphatic carbocycles. The number of rotatable bonds is 4. The number of hydrogen-bond acceptors (Lipinski definition) is 4. The molecule has 0 amide bonds. The Hall–Kier alpha value is -3.20. The van der Waals surface area contributed by atoms with Crippen molar-refractivity contribution in [2.24, 2.45) is 0 Å². The number of benzene rings is 2. The van der Waals surface area contributed by atoms with Gasteiger partial charge in [0.1, 0.15) is 18.5 Å². The monoisotopic (exact) mass is 307 g/mol. The Kier molecular flexibility index (Phi) is 4.02. The molecule has 5 nitrogen and oxygen atoms in total. The number of aromatic nitrogens is 3. The summed E-state index contributed by atoms with van der Waals surface area (Å²) in [6, 6.07) is 14.0. The molecule has 0 aliphatic rings. The molecule has 0 saturated heterocycles. The van der Waals surface area contributed by atoms with Crippen molar-refractivity contribution in [3.63, 3.8) is 0 Å². The van der Waals surface area contributed by atoms with Gasteiger partial charge in [-0.3, -0.25) is 0 Å². The fraction of sp³-hybridized carbons (Fsp3) is 0.118. The van der Waals surface area contributed by atoms with Gasteiger partial charge in [0.2, 0.25) is 0 Å². The zero-order chi connectivity index (χ0) is 16.2. The van der Waals surface area contributed by atoms with Crippen molar-refractivity contribution in [2.45, 2.75) is 13.0 Å². The van der Waals surface area contributed by atoms with E-state index < -0.39 is 5.82 Å². The van der Waals surface area contributed by atoms with Crippen LogP contribution in [-0.4, -0.2) is 14.8 Å². The third-order valence-corrected chi connectivity index (χ3v) is 3.55. The van der Waals surface area contributed by atoms with Crippen LogP contribution in [0.4, 0.5) is 10.1 Å². The normalized spacial score (nSPS) is 11.7. The quantitative estimate of drug-likeness (QED) is 0.801. The molecule has 2 aromatic carbocycles. The molecule has 0 fully saturated rings. The van der Waals surface area contributed by atoms with Crippen LogP contribution in [0.15, 0.2) is 55.1 Å². The van der Waals surface area contributed by atoms with Crippen LogP contribution in [0, 0.1) is 17.1 Å². The van der Waals surface area contributed by atoms with Gasteiger partial charge in [0.05, 0.1) is 23.0 Å². The Labute approximate surface area is 133 Å². The summed E-state index contributed by atoms with van der Waals surface area (Å²) in [5, 5.41) is 16.0. The second-order valence-corrected chi connectivity index (χ2v) is 5.10. The van der Waals surface area contributed by atoms with Crippen molar-refractivity contribution in [1.82, 2.24) is 14.8 Å². The molecule has 1 aromatic heterocycles. The smallest absolute Gasteiger partial charge is 0.147 e. The zero-order valence-corrected chi connectivity index (χ0v) is 12.4. The van der Waals surface area contributed by atoms with Gasteiger partial charge in [-0.05, 0) is 42.8 Å². The SMILES string of the molecule is CC(Nc1ccc(C#N)cc1F)c1ccc(-n2cncn2)cc1. The van der Waals surface area contributed by atoms with E-state index in [-0.39, 0.29) is 6.04 Å². The predicted molar refractivity (Wildman–Crippen MR) is 84.5 cm³/mol. The van der Waals surface area contributed by atoms with Gasteiger partial charge in [0.25, 0.3) is 0 Å². The van der Waals surface area contributed by atoms with Gasteiger partial charge < -0.3 is 5.32 Å². The van der Waals surface area contributed by atoms with Crippen LogP contribution in [0.25, 0.3) is 5.69 Å². The van der Waals surface area contributed by atoms with Crippen LogP contribution in [0.5, 0.6) is 0 Å². The molecule has 6 heteroatoms. The minimum Gasteiger partial charge on any atom is -0.376 e. The molecule has 114 valence electrons. The molecular formula is C17H14FN5. The lowest BCUT2D eigenvalue weighted by atomic mass is 10.1. The number of hydrogen-bond donors (Lipinski definition) is 1. The van der Waals surface area contributed by atoms with Gasteiger partial charge in [-0.15, -0.1) is 0 Å². The first-order valence-corrected chi connectivity index (χ1v) is 7.08. The molecule has 3 aromatic rings. The highest BCUT2D eigenvalue weighted by atomic mass is 19.1. The summed E-state index contributed by atoms with van der Waals surface area (Å²) in [4.78, 5) is 3.91. The Morgan fingerprint density at radius 1 is 1.22 bits per heavy atom. The first kappa shape index (κ1) is 14.7. The van der Waals surface area contributed by atoms with Crippen LogP contribution in [0.3, 0.4) is 0 Å². The molecule has 23 heavy (non-hydrogen) atoms. The number of nitrogens with one attached hydrogen (secondary N) is 1. The Balaban J connectivity index is 1.76. The highest BCUT2D eigenvalue weighted by Gasteiger charge is 2.09. The van der Waals surface area contributed by atoms with Crippen molar-refractivity contribution >= 4 is 5.69 Å². The summed E-state index contributed by atoms with van der Waals surface area (Å²) >= 11 is 0. The molecule has 1 atom stereocenters. The van der Waals surface area contributed by atoms with E-state index in [1.165, 1.54) is 12.4 Å². The highest BCUT2D eigenvalue weighted by Crippen LogP contribution is 2.23. The van der Waals surface area contributed by atoms with Gasteiger partial charge in [0, 0.05) is 6.04 Å². The summed E-state index contributed by atoms with van der Waals surface area (Å²) in [5.41, 5.74) is 2.59. The van der Waals surface area contributed by atoms with E-state index in [2.05, 4.69) is 15.4 Å². The molecule has 0 saturated carbocycles. The summed E-state index contributed by atoms with van der Waals surface area (Å²) in [7, 11) is 0. The van der Waals surface area contributed by atoms with E-state index >= 15 is 0 Å². The zero-order valence-electron chi connectivity index (χ0n) is 12.4. The molecule has 1 heterocycles. The second kappa shape index (κ2) is 6.28. The lowest BCUT2D eigenvalue weighted by molar-refractivity contribution is 0.627. The maximum Gasteiger partial charge on any atom is 0.147 e. The average Bonchev–Trinajstić information content (AvgIpc) is 3.11. The molecular weight excluding hydrogens is 293 g/mol. The van der Waals surface area contributed by atoms with Crippen molar-refractivity contribution in [3.05, 3.63) is 72.1 Å². The molecule has 1 unspecified atom stereocenters. The van der Waals surface area contributed by atoms with Crippen molar-refractivity contribution in [1.29, 1.82) is 5.26 Å². The van der Waals surface area contributed by atoms with Gasteiger partial charge >= 0.3 is 0 Å². The van der Waals surface area contributed by atoms with E-state index in [1.807, 2.05) is 37.3 Å². The first-order valence-electron chi connectivity index (χ1n) is 7.08. The summed E-state index contributed by atoms with van der Waals surface area (Å²) in [6.45, 7) is 1.95. The summed E-state index contributed by atoms with van der Waals surface area (Å²) < 4.78 is 15.6. The Bertz CT molecular complexity index is 834. The van der Waals surface area contributed by atoms with Crippen molar-refractivity contribution in [3.8, 4) is 11.8 Å². The average molecular weight is 307 g/mol. The Morgan fingerprint density at radius 2 is 2.00 bits per heavy atom. The second-order valence-electron chi connectivity index (χ2n) is 5.10. The topological polar surface area (TPSA) is 66.5 Å². The van der Waals surface area contributed by atoms with E-state index in [9.17, 15) is 4.39 Å². The minimum absolute atomic E-state index is 0.0813. The maximum atomic E-state index is 13.9. The number of nitriles is 1. The number of halogens is 1. The van der Waals surface area contributed by atoms with Crippen LogP contribution < -0.4 is 5.32 Å². The number of nitrogens with zero attached hydrogens (tertiary/aromatic N) is 4. The summed E-state index contributed by atoms with van der Waals surface area (Å²) in [6.07, 6.45) is 3.11. The van der Waals surface area contributed by atoms with Gasteiger partial charge in [0.15, 0.2) is 0 Å². The standard InChI is InChI=1S/C17H14FN5/c1-12(22-17-7-2-13(9-19)8-16(17)18)14-3-5-15(6-4-14)23-11-20-10-21-23/h2-8,10-12,22H,1H3. The fourth-order valence-corrected chi connectivity index (χ4v) is 2.28. The largest absolute Gasteiger partial charge is 0.376 e. The number of anilines is 1. The lowest BCUT2D eigenvalue weighted by Gasteiger charge is -2.16. The van der Waals surface area contributed by atoms with Crippen molar-refractivity contribution in [2.75, 3.05) is 5.32 Å². The van der Waals surface area contributed by atoms with Gasteiger partial charge in [-0.1, -0.05) is 12.1 Å². The van der Waals surface area contributed by atoms with Crippen LogP contribution >= 0.6 is 0 Å². The van der Waals surface area contributed by atoms with E-state index in [0.717, 1.165) is 11.3 Å². The molecule has 0 radical (unpaired) electrons. The van der Waals surface area contributed by atoms with Gasteiger partial charge in [-0.2, -0.15) is 10.4 Å². The molecule has 0 bridgehead atoms. The molecule has 1 N–H and O–H groups in total. The van der Waals surface area contributed by atoms with Crippen LogP contribution in [0.2, 0.25) is 0 Å². The third-order valence-electron chi connectivity index (χ3n) is 3.55. The first-order chi connectivity index (χ1) is 11.2. The van der Waals surface area contributed by atoms with E-state index in [4.69, 9.17) is 5.26 Å². The van der Waals surface area contributed by atoms with E-state index in [1.54, 1.807) is 23.1 Å². The fourth-order valence-electron chi connectivity index (χ4n) is 2.28. The van der Waals surface area contributed by atoms with Gasteiger partial charge in [-0.25, -0.2) is 14.1 Å². The highest BCUT2D eigenvalue weighted by molar-refractivity contribution is 5.50. The minimum atomic E-state index is -0.435. The van der Waals surface area contributed by atoms with Crippen LogP contribution in [0.1, 0.15) is 24.1 Å². The lowest BCUT2D eigenvalue weighted by Crippen LogP contribution is -2.08. The molecule has 3 rings (SSSR count). The van der Waals surface area contributed by atoms with Crippen LogP contribution in [-0.2, 0) is 0 Å². The molecule has 0 aliphatic heterocycles. The summed E-state index contributed by atoms with van der Waals surface area (Å²) in [5.74, 6) is -0.435. The predicted octanol–water partition coefficient (Wildman–Crippen LogP) is 3.45. The Morgan fingerprint density at radius 3 is 2.61 bits per heavy atom. The third kappa shape index (κ3) is 3.19. The maximum absolute atomic E-state index is 13.9. The van der Waals surface area contributed by atoms with Crippen molar-refractivity contribution < 1.29 is 4.39 Å². The van der Waals surface area contributed by atoms with E-state index in [0.29, 0.717) is 11.3 Å².